The van der Waals surface area contributed by atoms with Crippen LogP contribution in [0.5, 0.6) is 0 Å². The summed E-state index contributed by atoms with van der Waals surface area (Å²) in [4.78, 5) is 11.1. The molecule has 0 aliphatic carbocycles. The number of aliphatic hydroxyl groups is 1. The van der Waals surface area contributed by atoms with E-state index in [9.17, 15) is 4.79 Å². The summed E-state index contributed by atoms with van der Waals surface area (Å²) in [6, 6.07) is -1.17. The van der Waals surface area contributed by atoms with E-state index in [2.05, 4.69) is 0 Å². The van der Waals surface area contributed by atoms with E-state index in [1.807, 2.05) is 0 Å². The van der Waals surface area contributed by atoms with E-state index in [0.29, 0.717) is 6.42 Å². The third-order valence-electron chi connectivity index (χ3n) is 2.01. The molecule has 1 aliphatic rings. The van der Waals surface area contributed by atoms with Gasteiger partial charge in [-0.15, -0.1) is 0 Å². The van der Waals surface area contributed by atoms with Crippen LogP contribution in [0, 0.1) is 0 Å². The summed E-state index contributed by atoms with van der Waals surface area (Å²) in [5, 5.41) is 9.13. The Labute approximate surface area is 82.2 Å². The Morgan fingerprint density at radius 1 is 1.71 bits per heavy atom. The fourth-order valence-electron chi connectivity index (χ4n) is 1.17. The standard InChI is InChI=1S/C8H16N2O4/c1-4(9)7(11)14-5-2-6(10)8(12)13-3-5/h4-6,8,12H,2-3,9-10H2,1H3/t4-,5-,6+,8?/m0/s1. The smallest absolute Gasteiger partial charge is 0.322 e. The lowest BCUT2D eigenvalue weighted by molar-refractivity contribution is -0.187. The van der Waals surface area contributed by atoms with E-state index in [4.69, 9.17) is 26.0 Å². The molecule has 1 heterocycles. The number of aliphatic hydroxyl groups excluding tert-OH is 1. The topological polar surface area (TPSA) is 108 Å². The van der Waals surface area contributed by atoms with Crippen LogP contribution >= 0.6 is 0 Å². The molecule has 0 radical (unpaired) electrons. The van der Waals surface area contributed by atoms with Crippen molar-refractivity contribution in [2.75, 3.05) is 6.61 Å². The van der Waals surface area contributed by atoms with Crippen LogP contribution in [0.4, 0.5) is 0 Å². The molecule has 1 unspecified atom stereocenters. The van der Waals surface area contributed by atoms with Crippen LogP contribution in [0.1, 0.15) is 13.3 Å². The Morgan fingerprint density at radius 3 is 2.86 bits per heavy atom. The van der Waals surface area contributed by atoms with Gasteiger partial charge in [-0.2, -0.15) is 0 Å². The van der Waals surface area contributed by atoms with Gasteiger partial charge in [0.1, 0.15) is 12.1 Å². The van der Waals surface area contributed by atoms with Gasteiger partial charge in [0.15, 0.2) is 6.29 Å². The van der Waals surface area contributed by atoms with Crippen molar-refractivity contribution in [3.8, 4) is 0 Å². The van der Waals surface area contributed by atoms with E-state index in [1.54, 1.807) is 6.92 Å². The van der Waals surface area contributed by atoms with E-state index in [-0.39, 0.29) is 6.61 Å². The zero-order valence-electron chi connectivity index (χ0n) is 8.05. The molecule has 1 aliphatic heterocycles. The van der Waals surface area contributed by atoms with Crippen LogP contribution in [0.3, 0.4) is 0 Å². The molecule has 0 aromatic rings. The van der Waals surface area contributed by atoms with Crippen LogP contribution in [-0.2, 0) is 14.3 Å². The fourth-order valence-corrected chi connectivity index (χ4v) is 1.17. The summed E-state index contributed by atoms with van der Waals surface area (Å²) in [6.45, 7) is 1.70. The number of hydrogen-bond donors (Lipinski definition) is 3. The predicted octanol–water partition coefficient (Wildman–Crippen LogP) is -1.69. The van der Waals surface area contributed by atoms with Crippen molar-refractivity contribution in [3.05, 3.63) is 0 Å². The Hall–Kier alpha value is -0.690. The lowest BCUT2D eigenvalue weighted by Crippen LogP contribution is -2.48. The quantitative estimate of drug-likeness (QED) is 0.463. The molecule has 0 spiro atoms. The minimum atomic E-state index is -0.972. The zero-order valence-corrected chi connectivity index (χ0v) is 8.05. The number of carbonyl (C=O) groups excluding carboxylic acids is 1. The van der Waals surface area contributed by atoms with Gasteiger partial charge in [0.25, 0.3) is 0 Å². The first-order valence-corrected chi connectivity index (χ1v) is 4.52. The first-order valence-electron chi connectivity index (χ1n) is 4.52. The highest BCUT2D eigenvalue weighted by molar-refractivity contribution is 5.75. The number of nitrogens with two attached hydrogens (primary N) is 2. The number of ether oxygens (including phenoxy) is 2. The van der Waals surface area contributed by atoms with E-state index >= 15 is 0 Å². The van der Waals surface area contributed by atoms with Gasteiger partial charge in [-0.1, -0.05) is 0 Å². The average molecular weight is 204 g/mol. The summed E-state index contributed by atoms with van der Waals surface area (Å²) in [7, 11) is 0. The second kappa shape index (κ2) is 4.70. The van der Waals surface area contributed by atoms with Gasteiger partial charge in [0, 0.05) is 6.42 Å². The van der Waals surface area contributed by atoms with Gasteiger partial charge >= 0.3 is 5.97 Å². The zero-order chi connectivity index (χ0) is 10.7. The third-order valence-corrected chi connectivity index (χ3v) is 2.01. The molecule has 1 rings (SSSR count). The minimum Gasteiger partial charge on any atom is -0.459 e. The highest BCUT2D eigenvalue weighted by atomic mass is 16.6. The lowest BCUT2D eigenvalue weighted by Gasteiger charge is -2.30. The Bertz CT molecular complexity index is 210. The number of rotatable bonds is 2. The lowest BCUT2D eigenvalue weighted by atomic mass is 10.1. The molecule has 0 aromatic heterocycles. The molecule has 1 fully saturated rings. The van der Waals surface area contributed by atoms with Crippen molar-refractivity contribution in [3.63, 3.8) is 0 Å². The van der Waals surface area contributed by atoms with Crippen LogP contribution in [0.15, 0.2) is 0 Å². The maximum atomic E-state index is 11.1. The van der Waals surface area contributed by atoms with Crippen molar-refractivity contribution < 1.29 is 19.4 Å². The molecule has 0 aromatic carbocycles. The average Bonchev–Trinajstić information content (AvgIpc) is 2.11. The number of carbonyl (C=O) groups is 1. The summed E-state index contributed by atoms with van der Waals surface area (Å²) >= 11 is 0. The second-order valence-corrected chi connectivity index (χ2v) is 3.47. The van der Waals surface area contributed by atoms with Gasteiger partial charge in [-0.3, -0.25) is 4.79 Å². The van der Waals surface area contributed by atoms with Gasteiger partial charge in [0.05, 0.1) is 12.6 Å². The van der Waals surface area contributed by atoms with Crippen molar-refractivity contribution >= 4 is 5.97 Å². The molecule has 0 saturated carbocycles. The number of hydrogen-bond acceptors (Lipinski definition) is 6. The monoisotopic (exact) mass is 204 g/mol. The first kappa shape index (κ1) is 11.4. The van der Waals surface area contributed by atoms with Crippen LogP contribution in [0.25, 0.3) is 0 Å². The molecule has 82 valence electrons. The maximum Gasteiger partial charge on any atom is 0.322 e. The number of esters is 1. The van der Waals surface area contributed by atoms with Crippen molar-refractivity contribution in [2.24, 2.45) is 11.5 Å². The normalized spacial score (nSPS) is 35.0. The molecular weight excluding hydrogens is 188 g/mol. The highest BCUT2D eigenvalue weighted by Gasteiger charge is 2.29. The van der Waals surface area contributed by atoms with Gasteiger partial charge in [-0.05, 0) is 6.92 Å². The van der Waals surface area contributed by atoms with Crippen molar-refractivity contribution in [1.82, 2.24) is 0 Å². The molecule has 1 saturated heterocycles. The van der Waals surface area contributed by atoms with E-state index in [0.717, 1.165) is 0 Å². The van der Waals surface area contributed by atoms with Crippen LogP contribution in [0.2, 0.25) is 0 Å². The van der Waals surface area contributed by atoms with Gasteiger partial charge in [-0.25, -0.2) is 0 Å². The first-order chi connectivity index (χ1) is 6.50. The summed E-state index contributed by atoms with van der Waals surface area (Å²) in [6.07, 6.45) is -0.994. The molecule has 6 nitrogen and oxygen atoms in total. The molecule has 14 heavy (non-hydrogen) atoms. The molecule has 6 heteroatoms. The largest absolute Gasteiger partial charge is 0.459 e. The Balaban J connectivity index is 2.37. The highest BCUT2D eigenvalue weighted by Crippen LogP contribution is 2.14. The third kappa shape index (κ3) is 2.91. The minimum absolute atomic E-state index is 0.160. The SMILES string of the molecule is C[C@H](N)C(=O)O[C@@H]1COC(O)[C@H](N)C1. The second-order valence-electron chi connectivity index (χ2n) is 3.47. The van der Waals surface area contributed by atoms with E-state index < -0.39 is 30.4 Å². The summed E-state index contributed by atoms with van der Waals surface area (Å²) in [5.41, 5.74) is 10.8. The van der Waals surface area contributed by atoms with Crippen LogP contribution in [-0.4, -0.2) is 42.2 Å². The molecule has 0 amide bonds. The van der Waals surface area contributed by atoms with Crippen LogP contribution < -0.4 is 11.5 Å². The van der Waals surface area contributed by atoms with Crippen molar-refractivity contribution in [1.29, 1.82) is 0 Å². The Morgan fingerprint density at radius 2 is 2.36 bits per heavy atom. The summed E-state index contributed by atoms with van der Waals surface area (Å²) < 4.78 is 9.89. The van der Waals surface area contributed by atoms with Gasteiger partial charge in [0.2, 0.25) is 0 Å². The molecule has 0 bridgehead atoms. The van der Waals surface area contributed by atoms with Crippen molar-refractivity contribution in [2.45, 2.75) is 37.8 Å². The fraction of sp³-hybridized carbons (Fsp3) is 0.875. The van der Waals surface area contributed by atoms with E-state index in [1.165, 1.54) is 0 Å². The Kier molecular flexibility index (Phi) is 3.82. The van der Waals surface area contributed by atoms with Gasteiger partial charge < -0.3 is 26.0 Å². The maximum absolute atomic E-state index is 11.1. The molecule has 4 atom stereocenters. The molecule has 5 N–H and O–H groups in total. The summed E-state index contributed by atoms with van der Waals surface area (Å²) in [5.74, 6) is -0.484. The molecular formula is C8H16N2O4. The predicted molar refractivity (Wildman–Crippen MR) is 48.1 cm³/mol.